The van der Waals surface area contributed by atoms with E-state index in [-0.39, 0.29) is 18.5 Å². The Hall–Kier alpha value is -2.34. The molecule has 3 rings (SSSR count). The van der Waals surface area contributed by atoms with Gasteiger partial charge < -0.3 is 14.8 Å². The van der Waals surface area contributed by atoms with E-state index in [4.69, 9.17) is 9.47 Å². The van der Waals surface area contributed by atoms with Crippen molar-refractivity contribution in [3.8, 4) is 11.5 Å². The summed E-state index contributed by atoms with van der Waals surface area (Å²) in [6.45, 7) is 0.830. The highest BCUT2D eigenvalue weighted by Crippen LogP contribution is 2.32. The standard InChI is InChI=1S/C18H19NO4S/c20-14(17-4-2-10-24-17)3-1-5-18(21)19-9-8-13-6-7-15-16(11-13)23-12-22-15/h2,4,6-7,10-11H,1,3,5,8-9,12H2,(H,19,21). The third kappa shape index (κ3) is 4.35. The average Bonchev–Trinajstić information content (AvgIpc) is 3.26. The normalized spacial score (nSPS) is 12.2. The minimum Gasteiger partial charge on any atom is -0.454 e. The number of fused-ring (bicyclic) bond motifs is 1. The number of thiophene rings is 1. The Morgan fingerprint density at radius 1 is 1.12 bits per heavy atom. The molecule has 2 heterocycles. The molecule has 0 saturated heterocycles. The zero-order valence-electron chi connectivity index (χ0n) is 13.2. The van der Waals surface area contributed by atoms with Crippen LogP contribution in [0.15, 0.2) is 35.7 Å². The van der Waals surface area contributed by atoms with E-state index in [0.29, 0.717) is 25.8 Å². The number of hydrogen-bond donors (Lipinski definition) is 1. The van der Waals surface area contributed by atoms with Gasteiger partial charge in [-0.1, -0.05) is 12.1 Å². The number of ether oxygens (including phenoxy) is 2. The van der Waals surface area contributed by atoms with Crippen LogP contribution in [0, 0.1) is 0 Å². The lowest BCUT2D eigenvalue weighted by Crippen LogP contribution is -2.25. The van der Waals surface area contributed by atoms with Gasteiger partial charge in [0, 0.05) is 19.4 Å². The van der Waals surface area contributed by atoms with Crippen LogP contribution in [0.4, 0.5) is 0 Å². The maximum atomic E-state index is 11.8. The SMILES string of the molecule is O=C(CCCC(=O)c1cccs1)NCCc1ccc2c(c1)OCO2. The maximum absolute atomic E-state index is 11.8. The fraction of sp³-hybridized carbons (Fsp3) is 0.333. The third-order valence-corrected chi connectivity index (χ3v) is 4.69. The molecule has 0 atom stereocenters. The van der Waals surface area contributed by atoms with Crippen LogP contribution in [-0.2, 0) is 11.2 Å². The van der Waals surface area contributed by atoms with Gasteiger partial charge in [-0.2, -0.15) is 0 Å². The summed E-state index contributed by atoms with van der Waals surface area (Å²) in [5.74, 6) is 1.61. The van der Waals surface area contributed by atoms with Gasteiger partial charge in [0.15, 0.2) is 17.3 Å². The molecule has 0 fully saturated rings. The van der Waals surface area contributed by atoms with Crippen molar-refractivity contribution in [3.63, 3.8) is 0 Å². The highest BCUT2D eigenvalue weighted by atomic mass is 32.1. The largest absolute Gasteiger partial charge is 0.454 e. The maximum Gasteiger partial charge on any atom is 0.231 e. The van der Waals surface area contributed by atoms with Gasteiger partial charge in [0.1, 0.15) is 0 Å². The zero-order valence-corrected chi connectivity index (χ0v) is 14.1. The molecule has 0 radical (unpaired) electrons. The number of amides is 1. The number of nitrogens with one attached hydrogen (secondary N) is 1. The molecule has 1 aromatic carbocycles. The van der Waals surface area contributed by atoms with Crippen molar-refractivity contribution in [1.29, 1.82) is 0 Å². The zero-order chi connectivity index (χ0) is 16.8. The van der Waals surface area contributed by atoms with Crippen LogP contribution < -0.4 is 14.8 Å². The second-order valence-corrected chi connectivity index (χ2v) is 6.49. The van der Waals surface area contributed by atoms with Crippen LogP contribution in [-0.4, -0.2) is 25.0 Å². The number of rotatable bonds is 8. The molecule has 0 spiro atoms. The molecule has 0 aliphatic carbocycles. The first kappa shape index (κ1) is 16.5. The van der Waals surface area contributed by atoms with Crippen LogP contribution >= 0.6 is 11.3 Å². The molecule has 126 valence electrons. The summed E-state index contributed by atoms with van der Waals surface area (Å²) in [7, 11) is 0. The smallest absolute Gasteiger partial charge is 0.231 e. The number of Topliss-reactive ketones (excluding diaryl/α,β-unsaturated/α-hetero) is 1. The Kier molecular flexibility index (Phi) is 5.48. The molecule has 0 bridgehead atoms. The fourth-order valence-electron chi connectivity index (χ4n) is 2.50. The quantitative estimate of drug-likeness (QED) is 0.746. The monoisotopic (exact) mass is 345 g/mol. The summed E-state index contributed by atoms with van der Waals surface area (Å²) in [5, 5.41) is 4.77. The molecule has 24 heavy (non-hydrogen) atoms. The first-order chi connectivity index (χ1) is 11.7. The predicted octanol–water partition coefficient (Wildman–Crippen LogP) is 3.19. The highest BCUT2D eigenvalue weighted by Gasteiger charge is 2.13. The first-order valence-electron chi connectivity index (χ1n) is 7.94. The molecule has 1 N–H and O–H groups in total. The second-order valence-electron chi connectivity index (χ2n) is 5.54. The fourth-order valence-corrected chi connectivity index (χ4v) is 3.20. The van der Waals surface area contributed by atoms with Crippen molar-refractivity contribution >= 4 is 23.0 Å². The van der Waals surface area contributed by atoms with E-state index in [0.717, 1.165) is 28.4 Å². The van der Waals surface area contributed by atoms with Gasteiger partial charge in [-0.3, -0.25) is 9.59 Å². The van der Waals surface area contributed by atoms with Gasteiger partial charge >= 0.3 is 0 Å². The lowest BCUT2D eigenvalue weighted by atomic mass is 10.1. The molecule has 2 aromatic rings. The predicted molar refractivity (Wildman–Crippen MR) is 91.8 cm³/mol. The van der Waals surface area contributed by atoms with E-state index in [9.17, 15) is 9.59 Å². The van der Waals surface area contributed by atoms with Crippen molar-refractivity contribution in [2.75, 3.05) is 13.3 Å². The van der Waals surface area contributed by atoms with Crippen LogP contribution in [0.25, 0.3) is 0 Å². The molecule has 1 aliphatic rings. The lowest BCUT2D eigenvalue weighted by Gasteiger charge is -2.06. The Bertz CT molecular complexity index is 712. The molecular weight excluding hydrogens is 326 g/mol. The molecule has 1 amide bonds. The van der Waals surface area contributed by atoms with Gasteiger partial charge in [-0.25, -0.2) is 0 Å². The Morgan fingerprint density at radius 2 is 2.00 bits per heavy atom. The first-order valence-corrected chi connectivity index (χ1v) is 8.82. The Balaban J connectivity index is 1.33. The summed E-state index contributed by atoms with van der Waals surface area (Å²) in [5.41, 5.74) is 1.09. The van der Waals surface area contributed by atoms with Crippen molar-refractivity contribution in [2.45, 2.75) is 25.7 Å². The number of benzene rings is 1. The molecule has 5 nitrogen and oxygen atoms in total. The number of carbonyl (C=O) groups excluding carboxylic acids is 2. The van der Waals surface area contributed by atoms with E-state index in [1.807, 2.05) is 35.7 Å². The number of ketones is 1. The Morgan fingerprint density at radius 3 is 2.83 bits per heavy atom. The van der Waals surface area contributed by atoms with E-state index >= 15 is 0 Å². The van der Waals surface area contributed by atoms with Crippen LogP contribution in [0.2, 0.25) is 0 Å². The van der Waals surface area contributed by atoms with Crippen molar-refractivity contribution in [3.05, 3.63) is 46.2 Å². The van der Waals surface area contributed by atoms with Crippen LogP contribution in [0.3, 0.4) is 0 Å². The van der Waals surface area contributed by atoms with Gasteiger partial charge in [-0.15, -0.1) is 11.3 Å². The number of hydrogen-bond acceptors (Lipinski definition) is 5. The highest BCUT2D eigenvalue weighted by molar-refractivity contribution is 7.12. The summed E-state index contributed by atoms with van der Waals surface area (Å²) in [6.07, 6.45) is 2.09. The molecule has 1 aromatic heterocycles. The van der Waals surface area contributed by atoms with Gasteiger partial charge in [0.2, 0.25) is 12.7 Å². The van der Waals surface area contributed by atoms with Crippen LogP contribution in [0.5, 0.6) is 11.5 Å². The second kappa shape index (κ2) is 7.97. The Labute approximate surface area is 144 Å². The van der Waals surface area contributed by atoms with Gasteiger partial charge in [0.05, 0.1) is 4.88 Å². The molecule has 1 aliphatic heterocycles. The van der Waals surface area contributed by atoms with Gasteiger partial charge in [0.25, 0.3) is 0 Å². The minimum absolute atomic E-state index is 0.0188. The summed E-state index contributed by atoms with van der Waals surface area (Å²) < 4.78 is 10.6. The minimum atomic E-state index is -0.0188. The third-order valence-electron chi connectivity index (χ3n) is 3.78. The lowest BCUT2D eigenvalue weighted by molar-refractivity contribution is -0.121. The summed E-state index contributed by atoms with van der Waals surface area (Å²) in [4.78, 5) is 24.4. The van der Waals surface area contributed by atoms with Crippen molar-refractivity contribution in [2.24, 2.45) is 0 Å². The van der Waals surface area contributed by atoms with Gasteiger partial charge in [-0.05, 0) is 42.0 Å². The topological polar surface area (TPSA) is 64.6 Å². The van der Waals surface area contributed by atoms with Crippen LogP contribution in [0.1, 0.15) is 34.5 Å². The van der Waals surface area contributed by atoms with Crippen molar-refractivity contribution < 1.29 is 19.1 Å². The summed E-state index contributed by atoms with van der Waals surface area (Å²) >= 11 is 1.44. The summed E-state index contributed by atoms with van der Waals surface area (Å²) in [6, 6.07) is 9.47. The van der Waals surface area contributed by atoms with E-state index < -0.39 is 0 Å². The van der Waals surface area contributed by atoms with E-state index in [1.165, 1.54) is 11.3 Å². The van der Waals surface area contributed by atoms with Crippen molar-refractivity contribution in [1.82, 2.24) is 5.32 Å². The number of carbonyl (C=O) groups is 2. The molecule has 0 unspecified atom stereocenters. The van der Waals surface area contributed by atoms with E-state index in [1.54, 1.807) is 0 Å². The molecule has 6 heteroatoms. The molecular formula is C18H19NO4S. The van der Waals surface area contributed by atoms with E-state index in [2.05, 4.69) is 5.32 Å². The molecule has 0 saturated carbocycles. The average molecular weight is 345 g/mol.